The van der Waals surface area contributed by atoms with E-state index < -0.39 is 0 Å². The molecule has 6 rings (SSSR count). The molecule has 0 bridgehead atoms. The topological polar surface area (TPSA) is 32.3 Å². The van der Waals surface area contributed by atoms with E-state index in [9.17, 15) is 4.79 Å². The molecular weight excluding hydrogens is 344 g/mol. The minimum atomic E-state index is -0.00926. The smallest absolute Gasteiger partial charge is 0.255 e. The summed E-state index contributed by atoms with van der Waals surface area (Å²) in [6.45, 7) is 2.30. The predicted molar refractivity (Wildman–Crippen MR) is 113 cm³/mol. The lowest BCUT2D eigenvalue weighted by Crippen LogP contribution is -2.43. The Hall–Kier alpha value is -2.81. The van der Waals surface area contributed by atoms with Gasteiger partial charge in [-0.15, -0.1) is 0 Å². The molecule has 140 valence electrons. The van der Waals surface area contributed by atoms with Crippen molar-refractivity contribution >= 4 is 17.3 Å². The van der Waals surface area contributed by atoms with Crippen LogP contribution in [-0.2, 0) is 0 Å². The van der Waals surface area contributed by atoms with Crippen LogP contribution >= 0.6 is 0 Å². The molecule has 4 atom stereocenters. The maximum Gasteiger partial charge on any atom is 0.255 e. The van der Waals surface area contributed by atoms with Crippen LogP contribution in [0.4, 0.5) is 11.4 Å². The summed E-state index contributed by atoms with van der Waals surface area (Å²) in [4.78, 5) is 15.7. The maximum atomic E-state index is 13.1. The molecule has 2 aromatic rings. The zero-order chi connectivity index (χ0) is 18.7. The van der Waals surface area contributed by atoms with Crippen LogP contribution in [0.5, 0.6) is 0 Å². The van der Waals surface area contributed by atoms with E-state index in [0.717, 1.165) is 37.2 Å². The fourth-order valence-corrected chi connectivity index (χ4v) is 5.73. The first-order chi connectivity index (χ1) is 13.8. The second kappa shape index (κ2) is 6.10. The molecule has 0 radical (unpaired) electrons. The van der Waals surface area contributed by atoms with Gasteiger partial charge in [0.1, 0.15) is 0 Å². The van der Waals surface area contributed by atoms with Gasteiger partial charge in [-0.2, -0.15) is 0 Å². The van der Waals surface area contributed by atoms with Crippen LogP contribution in [0.1, 0.15) is 46.2 Å². The minimum absolute atomic E-state index is 0.00926. The molecule has 2 aliphatic heterocycles. The quantitative estimate of drug-likeness (QED) is 0.749. The Morgan fingerprint density at radius 3 is 2.11 bits per heavy atom. The molecule has 3 nitrogen and oxygen atoms in total. The lowest BCUT2D eigenvalue weighted by molar-refractivity contribution is 0.102. The monoisotopic (exact) mass is 368 g/mol. The van der Waals surface area contributed by atoms with E-state index in [4.69, 9.17) is 0 Å². The third kappa shape index (κ3) is 2.39. The Kier molecular flexibility index (Phi) is 3.52. The highest BCUT2D eigenvalue weighted by Gasteiger charge is 2.42. The minimum Gasteiger partial charge on any atom is -0.370 e. The van der Waals surface area contributed by atoms with Gasteiger partial charge in [-0.3, -0.25) is 4.79 Å². The lowest BCUT2D eigenvalue weighted by Gasteiger charge is -2.46. The van der Waals surface area contributed by atoms with Crippen molar-refractivity contribution in [2.24, 2.45) is 11.8 Å². The molecule has 0 aromatic heterocycles. The van der Waals surface area contributed by atoms with Crippen molar-refractivity contribution in [3.63, 3.8) is 0 Å². The zero-order valence-corrected chi connectivity index (χ0v) is 15.8. The van der Waals surface area contributed by atoms with Gasteiger partial charge in [0.25, 0.3) is 5.91 Å². The summed E-state index contributed by atoms with van der Waals surface area (Å²) in [5, 5.41) is 3.08. The number of carbonyl (C=O) groups excluding carboxylic acids is 1. The largest absolute Gasteiger partial charge is 0.370 e. The molecule has 1 N–H and O–H groups in total. The van der Waals surface area contributed by atoms with E-state index in [-0.39, 0.29) is 5.91 Å². The van der Waals surface area contributed by atoms with Crippen LogP contribution in [0.3, 0.4) is 0 Å². The molecule has 2 aromatic carbocycles. The van der Waals surface area contributed by atoms with Gasteiger partial charge in [-0.25, -0.2) is 0 Å². The Bertz CT molecular complexity index is 955. The number of hydrogen-bond donors (Lipinski definition) is 1. The summed E-state index contributed by atoms with van der Waals surface area (Å²) in [5.74, 6) is 2.20. The number of hydrogen-bond acceptors (Lipinski definition) is 2. The molecule has 2 aliphatic carbocycles. The van der Waals surface area contributed by atoms with E-state index in [1.165, 1.54) is 16.8 Å². The van der Waals surface area contributed by atoms with Gasteiger partial charge in [0.05, 0.1) is 0 Å². The van der Waals surface area contributed by atoms with Gasteiger partial charge in [-0.05, 0) is 60.1 Å². The second-order valence-electron chi connectivity index (χ2n) is 8.63. The molecule has 0 fully saturated rings. The number of rotatable bonds is 2. The van der Waals surface area contributed by atoms with Crippen molar-refractivity contribution in [1.29, 1.82) is 0 Å². The van der Waals surface area contributed by atoms with E-state index in [2.05, 4.69) is 46.7 Å². The first-order valence-corrected chi connectivity index (χ1v) is 10.4. The molecule has 0 saturated carbocycles. The number of benzene rings is 2. The van der Waals surface area contributed by atoms with Gasteiger partial charge < -0.3 is 10.2 Å². The Labute approximate surface area is 165 Å². The van der Waals surface area contributed by atoms with Crippen LogP contribution in [0.25, 0.3) is 0 Å². The molecule has 3 heteroatoms. The highest BCUT2D eigenvalue weighted by Crippen LogP contribution is 2.53. The summed E-state index contributed by atoms with van der Waals surface area (Å²) in [7, 11) is 0. The van der Waals surface area contributed by atoms with Crippen molar-refractivity contribution in [2.45, 2.75) is 24.7 Å². The average Bonchev–Trinajstić information content (AvgIpc) is 3.38. The number of para-hydroxylation sites is 1. The average molecular weight is 368 g/mol. The van der Waals surface area contributed by atoms with Crippen LogP contribution in [0, 0.1) is 11.8 Å². The Morgan fingerprint density at radius 2 is 1.50 bits per heavy atom. The molecule has 0 unspecified atom stereocenters. The number of carbonyl (C=O) groups is 1. The summed E-state index contributed by atoms with van der Waals surface area (Å²) in [6, 6.07) is 14.1. The lowest BCUT2D eigenvalue weighted by atomic mass is 9.74. The molecule has 2 heterocycles. The van der Waals surface area contributed by atoms with Crippen molar-refractivity contribution in [2.75, 3.05) is 23.3 Å². The van der Waals surface area contributed by atoms with Gasteiger partial charge in [0.2, 0.25) is 0 Å². The summed E-state index contributed by atoms with van der Waals surface area (Å²) < 4.78 is 0. The molecule has 0 saturated heterocycles. The fraction of sp³-hybridized carbons (Fsp3) is 0.320. The molecule has 1 amide bonds. The van der Waals surface area contributed by atoms with Gasteiger partial charge >= 0.3 is 0 Å². The Balaban J connectivity index is 1.47. The summed E-state index contributed by atoms with van der Waals surface area (Å²) >= 11 is 0. The summed E-state index contributed by atoms with van der Waals surface area (Å²) in [5.41, 5.74) is 5.77. The van der Waals surface area contributed by atoms with Crippen LogP contribution in [-0.4, -0.2) is 19.0 Å². The third-order valence-corrected chi connectivity index (χ3v) is 6.99. The van der Waals surface area contributed by atoms with Crippen molar-refractivity contribution in [3.8, 4) is 0 Å². The number of allylic oxidation sites excluding steroid dienone is 4. The fourth-order valence-electron chi connectivity index (χ4n) is 5.73. The summed E-state index contributed by atoms with van der Waals surface area (Å²) in [6.07, 6.45) is 11.7. The third-order valence-electron chi connectivity index (χ3n) is 6.99. The standard InChI is InChI=1S/C25H24N2O/c28-25(26-19-8-2-1-3-9-19)18-12-22-20-10-4-6-16(20)14-27-15-17-7-5-11-21(17)23(13-18)24(22)27/h1-5,8-13,16-17,20-21H,6-7,14-15H2,(H,26,28)/t16-,17-,20-,21+/m1/s1. The molecule has 28 heavy (non-hydrogen) atoms. The number of nitrogens with zero attached hydrogens (tertiary/aromatic N) is 1. The van der Waals surface area contributed by atoms with Gasteiger partial charge in [0, 0.05) is 41.9 Å². The first-order valence-electron chi connectivity index (χ1n) is 10.4. The van der Waals surface area contributed by atoms with Crippen molar-refractivity contribution in [3.05, 3.63) is 83.5 Å². The van der Waals surface area contributed by atoms with E-state index in [0.29, 0.717) is 23.7 Å². The molecular formula is C25H24N2O. The van der Waals surface area contributed by atoms with Crippen molar-refractivity contribution in [1.82, 2.24) is 0 Å². The highest BCUT2D eigenvalue weighted by molar-refractivity contribution is 6.05. The van der Waals surface area contributed by atoms with Gasteiger partial charge in [-0.1, -0.05) is 42.5 Å². The van der Waals surface area contributed by atoms with E-state index in [1.54, 1.807) is 0 Å². The second-order valence-corrected chi connectivity index (χ2v) is 8.63. The molecule has 0 spiro atoms. The van der Waals surface area contributed by atoms with Crippen LogP contribution < -0.4 is 10.2 Å². The number of nitrogens with one attached hydrogen (secondary N) is 1. The number of amides is 1. The van der Waals surface area contributed by atoms with Crippen LogP contribution in [0.2, 0.25) is 0 Å². The van der Waals surface area contributed by atoms with E-state index in [1.807, 2.05) is 30.3 Å². The normalized spacial score (nSPS) is 28.6. The van der Waals surface area contributed by atoms with Crippen molar-refractivity contribution < 1.29 is 4.79 Å². The maximum absolute atomic E-state index is 13.1. The van der Waals surface area contributed by atoms with Gasteiger partial charge in [0.15, 0.2) is 0 Å². The number of fused-ring (bicyclic) bond motifs is 4. The Morgan fingerprint density at radius 1 is 0.893 bits per heavy atom. The van der Waals surface area contributed by atoms with E-state index >= 15 is 0 Å². The SMILES string of the molecule is O=C(Nc1ccccc1)c1cc2c3c(c1)[C@@H]1C=CC[C@@H]1CN3C[C@H]1CC=C[C@H]21. The molecule has 4 aliphatic rings. The predicted octanol–water partition coefficient (Wildman–Crippen LogP) is 5.09. The number of anilines is 2. The first kappa shape index (κ1) is 16.2. The zero-order valence-electron chi connectivity index (χ0n) is 15.8. The highest BCUT2D eigenvalue weighted by atomic mass is 16.1. The van der Waals surface area contributed by atoms with Crippen LogP contribution in [0.15, 0.2) is 66.8 Å².